The lowest BCUT2D eigenvalue weighted by Gasteiger charge is -2.26. The maximum Gasteiger partial charge on any atom is 0.232 e. The van der Waals surface area contributed by atoms with Crippen LogP contribution in [-0.2, 0) is 19.4 Å². The molecule has 31 heavy (non-hydrogen) atoms. The number of ether oxygens (including phenoxy) is 1. The van der Waals surface area contributed by atoms with Crippen LogP contribution in [0.4, 0.5) is 5.69 Å². The van der Waals surface area contributed by atoms with Gasteiger partial charge in [0.15, 0.2) is 15.6 Å². The molecule has 1 aliphatic heterocycles. The van der Waals surface area contributed by atoms with Crippen molar-refractivity contribution in [3.63, 3.8) is 0 Å². The predicted octanol–water partition coefficient (Wildman–Crippen LogP) is 4.03. The zero-order valence-electron chi connectivity index (χ0n) is 17.5. The molecule has 0 radical (unpaired) electrons. The van der Waals surface area contributed by atoms with Gasteiger partial charge < -0.3 is 14.6 Å². The average Bonchev–Trinajstić information content (AvgIpc) is 3.71. The monoisotopic (exact) mass is 444 g/mol. The molecule has 166 valence electrons. The van der Waals surface area contributed by atoms with E-state index in [4.69, 9.17) is 9.26 Å². The zero-order chi connectivity index (χ0) is 21.4. The summed E-state index contributed by atoms with van der Waals surface area (Å²) < 4.78 is 35.9. The van der Waals surface area contributed by atoms with Gasteiger partial charge in [0.1, 0.15) is 5.69 Å². The molecule has 5 rings (SSSR count). The molecule has 8 heteroatoms. The van der Waals surface area contributed by atoms with Crippen molar-refractivity contribution in [2.75, 3.05) is 18.5 Å². The summed E-state index contributed by atoms with van der Waals surface area (Å²) in [5.74, 6) is 1.02. The lowest BCUT2D eigenvalue weighted by Crippen LogP contribution is -2.26. The van der Waals surface area contributed by atoms with E-state index >= 15 is 0 Å². The molecule has 1 aromatic heterocycles. The Morgan fingerprint density at radius 1 is 1.06 bits per heavy atom. The Morgan fingerprint density at radius 3 is 2.42 bits per heavy atom. The molecule has 2 aromatic rings. The largest absolute Gasteiger partial charge is 0.381 e. The normalized spacial score (nSPS) is 21.0. The Balaban J connectivity index is 1.38. The minimum absolute atomic E-state index is 0.102. The maximum atomic E-state index is 13.3. The fraction of sp³-hybridized carbons (Fsp3) is 0.565. The second kappa shape index (κ2) is 8.39. The van der Waals surface area contributed by atoms with Crippen LogP contribution in [0.5, 0.6) is 0 Å². The van der Waals surface area contributed by atoms with Crippen LogP contribution in [0.2, 0.25) is 0 Å². The minimum atomic E-state index is -3.24. The molecule has 3 fully saturated rings. The van der Waals surface area contributed by atoms with Gasteiger partial charge in [-0.3, -0.25) is 4.79 Å². The SMILES string of the molecule is O=C(Nc1cnoc1C1CC1)C(CC1CCOCC1)c1ccc(S(=O)(=O)C2CC2)cc1. The van der Waals surface area contributed by atoms with Gasteiger partial charge in [-0.15, -0.1) is 0 Å². The molecule has 2 aliphatic carbocycles. The third-order valence-electron chi connectivity index (χ3n) is 6.60. The number of nitrogens with zero attached hydrogens (tertiary/aromatic N) is 1. The van der Waals surface area contributed by atoms with Crippen LogP contribution in [0.25, 0.3) is 0 Å². The highest BCUT2D eigenvalue weighted by Gasteiger charge is 2.37. The number of hydrogen-bond donors (Lipinski definition) is 1. The molecule has 7 nitrogen and oxygen atoms in total. The van der Waals surface area contributed by atoms with Crippen LogP contribution in [0, 0.1) is 5.92 Å². The maximum absolute atomic E-state index is 13.3. The highest BCUT2D eigenvalue weighted by Crippen LogP contribution is 2.43. The number of aromatic nitrogens is 1. The Bertz CT molecular complexity index is 1030. The van der Waals surface area contributed by atoms with Gasteiger partial charge in [0.05, 0.1) is 22.3 Å². The number of carbonyl (C=O) groups excluding carboxylic acids is 1. The molecular formula is C23H28N2O5S. The molecule has 2 heterocycles. The average molecular weight is 445 g/mol. The first-order chi connectivity index (χ1) is 15.0. The summed E-state index contributed by atoms with van der Waals surface area (Å²) >= 11 is 0. The molecule has 2 saturated carbocycles. The fourth-order valence-electron chi connectivity index (χ4n) is 4.37. The van der Waals surface area contributed by atoms with Gasteiger partial charge in [0.25, 0.3) is 0 Å². The second-order valence-corrected chi connectivity index (χ2v) is 11.3. The summed E-state index contributed by atoms with van der Waals surface area (Å²) in [6.07, 6.45) is 7.72. The van der Waals surface area contributed by atoms with Gasteiger partial charge in [-0.2, -0.15) is 0 Å². The Hall–Kier alpha value is -2.19. The smallest absolute Gasteiger partial charge is 0.232 e. The van der Waals surface area contributed by atoms with Crippen LogP contribution in [0.1, 0.15) is 68.1 Å². The number of benzene rings is 1. The predicted molar refractivity (Wildman–Crippen MR) is 115 cm³/mol. The van der Waals surface area contributed by atoms with Crippen molar-refractivity contribution in [1.29, 1.82) is 0 Å². The van der Waals surface area contributed by atoms with Crippen molar-refractivity contribution in [1.82, 2.24) is 5.16 Å². The first-order valence-electron chi connectivity index (χ1n) is 11.2. The lowest BCUT2D eigenvalue weighted by atomic mass is 9.84. The number of anilines is 1. The molecule has 0 bridgehead atoms. The zero-order valence-corrected chi connectivity index (χ0v) is 18.3. The van der Waals surface area contributed by atoms with Crippen molar-refractivity contribution in [2.24, 2.45) is 5.92 Å². The van der Waals surface area contributed by atoms with E-state index in [2.05, 4.69) is 10.5 Å². The van der Waals surface area contributed by atoms with E-state index in [9.17, 15) is 13.2 Å². The summed E-state index contributed by atoms with van der Waals surface area (Å²) in [6.45, 7) is 1.43. The van der Waals surface area contributed by atoms with Gasteiger partial charge in [-0.1, -0.05) is 17.3 Å². The van der Waals surface area contributed by atoms with Crippen LogP contribution in [0.15, 0.2) is 39.9 Å². The topological polar surface area (TPSA) is 98.5 Å². The molecule has 1 N–H and O–H groups in total. The molecule has 3 aliphatic rings. The van der Waals surface area contributed by atoms with E-state index in [-0.39, 0.29) is 17.1 Å². The second-order valence-electron chi connectivity index (χ2n) is 9.02. The molecule has 1 saturated heterocycles. The first-order valence-corrected chi connectivity index (χ1v) is 12.7. The Kier molecular flexibility index (Phi) is 5.60. The summed E-state index contributed by atoms with van der Waals surface area (Å²) in [5, 5.41) is 6.66. The van der Waals surface area contributed by atoms with Crippen LogP contribution in [0.3, 0.4) is 0 Å². The number of hydrogen-bond acceptors (Lipinski definition) is 6. The lowest BCUT2D eigenvalue weighted by molar-refractivity contribution is -0.118. The van der Waals surface area contributed by atoms with E-state index in [0.29, 0.717) is 28.8 Å². The van der Waals surface area contributed by atoms with Gasteiger partial charge in [0.2, 0.25) is 5.91 Å². The van der Waals surface area contributed by atoms with E-state index in [1.165, 1.54) is 0 Å². The number of amides is 1. The highest BCUT2D eigenvalue weighted by molar-refractivity contribution is 7.92. The van der Waals surface area contributed by atoms with Crippen LogP contribution < -0.4 is 5.32 Å². The van der Waals surface area contributed by atoms with E-state index in [0.717, 1.165) is 63.1 Å². The molecule has 0 spiro atoms. The number of rotatable bonds is 8. The number of carbonyl (C=O) groups is 1. The van der Waals surface area contributed by atoms with Gasteiger partial charge >= 0.3 is 0 Å². The van der Waals surface area contributed by atoms with E-state index in [1.807, 2.05) is 0 Å². The highest BCUT2D eigenvalue weighted by atomic mass is 32.2. The van der Waals surface area contributed by atoms with Crippen molar-refractivity contribution >= 4 is 21.4 Å². The quantitative estimate of drug-likeness (QED) is 0.660. The minimum Gasteiger partial charge on any atom is -0.381 e. The van der Waals surface area contributed by atoms with E-state index < -0.39 is 9.84 Å². The number of nitrogens with one attached hydrogen (secondary N) is 1. The Morgan fingerprint density at radius 2 is 1.77 bits per heavy atom. The number of sulfone groups is 1. The fourth-order valence-corrected chi connectivity index (χ4v) is 6.03. The van der Waals surface area contributed by atoms with Gasteiger partial charge in [0, 0.05) is 19.1 Å². The molecule has 1 aromatic carbocycles. The third-order valence-corrected chi connectivity index (χ3v) is 8.88. The summed E-state index contributed by atoms with van der Waals surface area (Å²) in [5.41, 5.74) is 1.49. The Labute approximate surface area is 182 Å². The third kappa shape index (κ3) is 4.55. The van der Waals surface area contributed by atoms with Crippen molar-refractivity contribution in [2.45, 2.75) is 66.9 Å². The van der Waals surface area contributed by atoms with E-state index in [1.54, 1.807) is 30.5 Å². The van der Waals surface area contributed by atoms with Crippen LogP contribution >= 0.6 is 0 Å². The van der Waals surface area contributed by atoms with Gasteiger partial charge in [-0.25, -0.2) is 8.42 Å². The van der Waals surface area contributed by atoms with Crippen LogP contribution in [-0.4, -0.2) is 37.9 Å². The molecule has 1 atom stereocenters. The molecule has 1 amide bonds. The molecule has 1 unspecified atom stereocenters. The summed E-state index contributed by atoms with van der Waals surface area (Å²) in [6, 6.07) is 6.91. The molecular weight excluding hydrogens is 416 g/mol. The van der Waals surface area contributed by atoms with Gasteiger partial charge in [-0.05, 0) is 68.6 Å². The standard InChI is InChI=1S/C23H28N2O5S/c26-23(25-21-14-24-30-22(21)17-1-2-17)20(13-15-9-11-29-12-10-15)16-3-5-18(6-4-16)31(27,28)19-7-8-19/h3-6,14-15,17,19-20H,1-2,7-13H2,(H,25,26). The summed E-state index contributed by atoms with van der Waals surface area (Å²) in [7, 11) is -3.24. The summed E-state index contributed by atoms with van der Waals surface area (Å²) in [4.78, 5) is 13.7. The van der Waals surface area contributed by atoms with Crippen molar-refractivity contribution in [3.05, 3.63) is 41.8 Å². The van der Waals surface area contributed by atoms with Crippen molar-refractivity contribution < 1.29 is 22.5 Å². The first kappa shape index (κ1) is 20.7. The van der Waals surface area contributed by atoms with Crippen molar-refractivity contribution in [3.8, 4) is 0 Å².